The van der Waals surface area contributed by atoms with Crippen LogP contribution in [0, 0.1) is 18.7 Å². The van der Waals surface area contributed by atoms with E-state index in [0.717, 1.165) is 6.07 Å². The molecule has 3 aromatic carbocycles. The minimum atomic E-state index is -0.800. The van der Waals surface area contributed by atoms with Crippen molar-refractivity contribution in [3.8, 4) is 22.9 Å². The van der Waals surface area contributed by atoms with Crippen LogP contribution < -0.4 is 26.1 Å². The predicted octanol–water partition coefficient (Wildman–Crippen LogP) is 5.60. The number of carbonyl (C=O) groups is 2. The van der Waals surface area contributed by atoms with E-state index in [1.807, 2.05) is 13.8 Å². The zero-order valence-electron chi connectivity index (χ0n) is 26.7. The molecule has 5 aromatic rings. The molecule has 3 N–H and O–H groups in total. The number of para-hydroxylation sites is 1. The van der Waals surface area contributed by atoms with Gasteiger partial charge >= 0.3 is 5.97 Å². The van der Waals surface area contributed by atoms with Gasteiger partial charge in [-0.15, -0.1) is 0 Å². The SMILES string of the molecule is COc1ccc2c(Oc3ccc(NC(=O)c4c(C)n(C[C@H](C)OC(=O)[C@@H](N)C(C)C)n(-c5ccccc5)c4=O)cc3F)ccnc2c1. The van der Waals surface area contributed by atoms with Crippen LogP contribution in [0.4, 0.5) is 10.1 Å². The number of benzene rings is 3. The molecular weight excluding hydrogens is 605 g/mol. The van der Waals surface area contributed by atoms with E-state index in [1.54, 1.807) is 86.4 Å². The number of ether oxygens (including phenoxy) is 3. The topological polar surface area (TPSA) is 140 Å². The second-order valence-corrected chi connectivity index (χ2v) is 11.4. The van der Waals surface area contributed by atoms with Gasteiger partial charge < -0.3 is 25.3 Å². The number of nitrogens with one attached hydrogen (secondary N) is 1. The van der Waals surface area contributed by atoms with Crippen LogP contribution in [0.2, 0.25) is 0 Å². The van der Waals surface area contributed by atoms with E-state index in [0.29, 0.717) is 33.8 Å². The zero-order valence-corrected chi connectivity index (χ0v) is 26.7. The number of halogens is 1. The fourth-order valence-electron chi connectivity index (χ4n) is 5.08. The summed E-state index contributed by atoms with van der Waals surface area (Å²) in [6, 6.07) is 18.8. The van der Waals surface area contributed by atoms with Crippen molar-refractivity contribution in [2.45, 2.75) is 46.4 Å². The number of fused-ring (bicyclic) bond motifs is 1. The summed E-state index contributed by atoms with van der Waals surface area (Å²) in [4.78, 5) is 44.1. The van der Waals surface area contributed by atoms with E-state index < -0.39 is 35.4 Å². The molecular formula is C35H36FN5O6. The molecule has 11 nitrogen and oxygen atoms in total. The van der Waals surface area contributed by atoms with Crippen LogP contribution in [0.15, 0.2) is 83.8 Å². The number of hydrogen-bond acceptors (Lipinski definition) is 8. The molecule has 0 saturated heterocycles. The lowest BCUT2D eigenvalue weighted by atomic mass is 10.1. The van der Waals surface area contributed by atoms with Gasteiger partial charge in [0, 0.05) is 29.4 Å². The summed E-state index contributed by atoms with van der Waals surface area (Å²) < 4.78 is 34.9. The van der Waals surface area contributed by atoms with E-state index in [9.17, 15) is 14.4 Å². The first-order chi connectivity index (χ1) is 22.5. The number of amides is 1. The molecule has 0 bridgehead atoms. The molecule has 0 spiro atoms. The van der Waals surface area contributed by atoms with Crippen molar-refractivity contribution in [3.63, 3.8) is 0 Å². The normalized spacial score (nSPS) is 12.5. The third-order valence-electron chi connectivity index (χ3n) is 7.68. The fraction of sp³-hybridized carbons (Fsp3) is 0.257. The maximum atomic E-state index is 15.3. The Morgan fingerprint density at radius 2 is 1.74 bits per heavy atom. The Morgan fingerprint density at radius 3 is 2.43 bits per heavy atom. The second kappa shape index (κ2) is 13.9. The van der Waals surface area contributed by atoms with Crippen LogP contribution in [0.25, 0.3) is 16.6 Å². The van der Waals surface area contributed by atoms with Gasteiger partial charge in [-0.1, -0.05) is 32.0 Å². The van der Waals surface area contributed by atoms with Gasteiger partial charge in [0.2, 0.25) is 0 Å². The fourth-order valence-corrected chi connectivity index (χ4v) is 5.08. The molecule has 0 radical (unpaired) electrons. The van der Waals surface area contributed by atoms with Gasteiger partial charge in [0.25, 0.3) is 11.5 Å². The monoisotopic (exact) mass is 641 g/mol. The van der Waals surface area contributed by atoms with E-state index in [-0.39, 0.29) is 29.5 Å². The minimum absolute atomic E-state index is 0.0664. The van der Waals surface area contributed by atoms with E-state index in [1.165, 1.54) is 16.8 Å². The van der Waals surface area contributed by atoms with Crippen molar-refractivity contribution in [1.29, 1.82) is 0 Å². The van der Waals surface area contributed by atoms with Crippen molar-refractivity contribution in [2.24, 2.45) is 11.7 Å². The van der Waals surface area contributed by atoms with Crippen molar-refractivity contribution < 1.29 is 28.2 Å². The average Bonchev–Trinajstić information content (AvgIpc) is 3.29. The van der Waals surface area contributed by atoms with Crippen molar-refractivity contribution in [3.05, 3.63) is 106 Å². The van der Waals surface area contributed by atoms with Crippen LogP contribution >= 0.6 is 0 Å². The highest BCUT2D eigenvalue weighted by Gasteiger charge is 2.27. The predicted molar refractivity (Wildman–Crippen MR) is 176 cm³/mol. The number of hydrogen-bond donors (Lipinski definition) is 2. The van der Waals surface area contributed by atoms with E-state index in [4.69, 9.17) is 19.9 Å². The lowest BCUT2D eigenvalue weighted by molar-refractivity contribution is -0.151. The molecule has 12 heteroatoms. The quantitative estimate of drug-likeness (QED) is 0.178. The minimum Gasteiger partial charge on any atom is -0.497 e. The third kappa shape index (κ3) is 7.02. The molecule has 0 aliphatic rings. The number of aromatic nitrogens is 3. The van der Waals surface area contributed by atoms with Gasteiger partial charge in [-0.05, 0) is 62.2 Å². The first-order valence-corrected chi connectivity index (χ1v) is 15.0. The number of anilines is 1. The largest absolute Gasteiger partial charge is 0.497 e. The number of methoxy groups -OCH3 is 1. The lowest BCUT2D eigenvalue weighted by Crippen LogP contribution is -2.39. The number of pyridine rings is 1. The van der Waals surface area contributed by atoms with Crippen LogP contribution in [-0.2, 0) is 16.1 Å². The molecule has 2 heterocycles. The molecule has 0 aliphatic carbocycles. The van der Waals surface area contributed by atoms with E-state index in [2.05, 4.69) is 10.3 Å². The van der Waals surface area contributed by atoms with Gasteiger partial charge in [0.05, 0.1) is 30.6 Å². The maximum absolute atomic E-state index is 15.3. The van der Waals surface area contributed by atoms with Crippen LogP contribution in [0.5, 0.6) is 17.2 Å². The first kappa shape index (κ1) is 32.9. The highest BCUT2D eigenvalue weighted by Crippen LogP contribution is 2.33. The molecule has 0 unspecified atom stereocenters. The highest BCUT2D eigenvalue weighted by molar-refractivity contribution is 6.05. The van der Waals surface area contributed by atoms with Crippen LogP contribution in [-0.4, -0.2) is 45.5 Å². The third-order valence-corrected chi connectivity index (χ3v) is 7.68. The Balaban J connectivity index is 1.40. The van der Waals surface area contributed by atoms with E-state index >= 15 is 4.39 Å². The molecule has 244 valence electrons. The number of nitrogens with two attached hydrogens (primary N) is 1. The Hall–Kier alpha value is -5.49. The van der Waals surface area contributed by atoms with Crippen molar-refractivity contribution >= 4 is 28.5 Å². The molecule has 0 aliphatic heterocycles. The van der Waals surface area contributed by atoms with Gasteiger partial charge in [-0.3, -0.25) is 24.0 Å². The second-order valence-electron chi connectivity index (χ2n) is 11.4. The highest BCUT2D eigenvalue weighted by atomic mass is 19.1. The summed E-state index contributed by atoms with van der Waals surface area (Å²) >= 11 is 0. The van der Waals surface area contributed by atoms with Gasteiger partial charge in [0.1, 0.15) is 29.2 Å². The first-order valence-electron chi connectivity index (χ1n) is 15.0. The van der Waals surface area contributed by atoms with Gasteiger partial charge in [-0.2, -0.15) is 0 Å². The summed E-state index contributed by atoms with van der Waals surface area (Å²) in [5.41, 5.74) is 6.78. The van der Waals surface area contributed by atoms with Gasteiger partial charge in [0.15, 0.2) is 11.6 Å². The van der Waals surface area contributed by atoms with Crippen LogP contribution in [0.1, 0.15) is 36.8 Å². The van der Waals surface area contributed by atoms with Crippen molar-refractivity contribution in [1.82, 2.24) is 14.3 Å². The summed E-state index contributed by atoms with van der Waals surface area (Å²) in [6.45, 7) is 7.00. The smallest absolute Gasteiger partial charge is 0.323 e. The maximum Gasteiger partial charge on any atom is 0.323 e. The standard InChI is InChI=1S/C35H36FN5O6/c1-20(2)32(37)35(44)46-21(3)19-40-22(4)31(34(43)41(40)24-9-7-6-8-10-24)33(42)39-23-11-14-30(27(36)17-23)47-29-15-16-38-28-18-25(45-5)12-13-26(28)29/h6-18,20-21,32H,19,37H2,1-5H3,(H,39,42)/t21-,32-/m0/s1. The van der Waals surface area contributed by atoms with Crippen LogP contribution in [0.3, 0.4) is 0 Å². The summed E-state index contributed by atoms with van der Waals surface area (Å²) in [5.74, 6) is -1.20. The molecule has 2 aromatic heterocycles. The molecule has 47 heavy (non-hydrogen) atoms. The molecule has 1 amide bonds. The molecule has 0 fully saturated rings. The number of rotatable bonds is 11. The number of nitrogens with zero attached hydrogens (tertiary/aromatic N) is 3. The Bertz CT molecular complexity index is 1990. The lowest BCUT2D eigenvalue weighted by Gasteiger charge is -2.21. The number of esters is 1. The Kier molecular flexibility index (Phi) is 9.71. The van der Waals surface area contributed by atoms with Crippen molar-refractivity contribution in [2.75, 3.05) is 12.4 Å². The summed E-state index contributed by atoms with van der Waals surface area (Å²) in [6.07, 6.45) is 0.871. The number of carbonyl (C=O) groups excluding carboxylic acids is 2. The molecule has 2 atom stereocenters. The molecule has 0 saturated carbocycles. The zero-order chi connectivity index (χ0) is 33.8. The molecule has 5 rings (SSSR count). The summed E-state index contributed by atoms with van der Waals surface area (Å²) in [7, 11) is 1.55. The Morgan fingerprint density at radius 1 is 1.00 bits per heavy atom. The summed E-state index contributed by atoms with van der Waals surface area (Å²) in [5, 5.41) is 3.29. The average molecular weight is 642 g/mol. The van der Waals surface area contributed by atoms with Gasteiger partial charge in [-0.25, -0.2) is 9.07 Å². The Labute approximate surface area is 270 Å².